The average Bonchev–Trinajstić information content (AvgIpc) is 2.69. The zero-order chi connectivity index (χ0) is 10.7. The predicted octanol–water partition coefficient (Wildman–Crippen LogP) is 2.42. The van der Waals surface area contributed by atoms with Crippen molar-refractivity contribution in [2.45, 2.75) is 25.3 Å². The number of nitrogens with zero attached hydrogens (tertiary/aromatic N) is 1. The van der Waals surface area contributed by atoms with Gasteiger partial charge in [0.25, 0.3) is 0 Å². The molecule has 1 aliphatic rings. The molecular weight excluding hydrogens is 256 g/mol. The lowest BCUT2D eigenvalue weighted by Gasteiger charge is -2.20. The van der Waals surface area contributed by atoms with Crippen LogP contribution in [-0.2, 0) is 0 Å². The minimum absolute atomic E-state index is 0.278. The van der Waals surface area contributed by atoms with Crippen LogP contribution in [0.1, 0.15) is 19.3 Å². The molecule has 0 amide bonds. The van der Waals surface area contributed by atoms with E-state index in [4.69, 9.17) is 0 Å². The Kier molecular flexibility index (Phi) is 3.59. The second-order valence-electron chi connectivity index (χ2n) is 3.98. The van der Waals surface area contributed by atoms with Crippen LogP contribution in [0, 0.1) is 5.92 Å². The van der Waals surface area contributed by atoms with E-state index in [-0.39, 0.29) is 6.61 Å². The summed E-state index contributed by atoms with van der Waals surface area (Å²) in [6, 6.07) is 2.35. The Labute approximate surface area is 98.0 Å². The Morgan fingerprint density at radius 3 is 3.13 bits per heavy atom. The summed E-state index contributed by atoms with van der Waals surface area (Å²) in [5.41, 5.74) is 1.07. The van der Waals surface area contributed by atoms with Crippen LogP contribution in [0.5, 0.6) is 0 Å². The first-order chi connectivity index (χ1) is 7.31. The molecule has 3 nitrogen and oxygen atoms in total. The van der Waals surface area contributed by atoms with Crippen molar-refractivity contribution in [1.82, 2.24) is 4.98 Å². The highest BCUT2D eigenvalue weighted by Crippen LogP contribution is 2.30. The summed E-state index contributed by atoms with van der Waals surface area (Å²) in [6.07, 6.45) is 7.02. The largest absolute Gasteiger partial charge is 0.396 e. The Morgan fingerprint density at radius 2 is 2.40 bits per heavy atom. The lowest BCUT2D eigenvalue weighted by Crippen LogP contribution is -2.26. The van der Waals surface area contributed by atoms with E-state index >= 15 is 0 Å². The van der Waals surface area contributed by atoms with Crippen LogP contribution in [0.3, 0.4) is 0 Å². The van der Waals surface area contributed by atoms with Gasteiger partial charge in [-0.1, -0.05) is 6.42 Å². The van der Waals surface area contributed by atoms with Crippen molar-refractivity contribution >= 4 is 21.6 Å². The van der Waals surface area contributed by atoms with Gasteiger partial charge in [0, 0.05) is 31.0 Å². The van der Waals surface area contributed by atoms with Crippen LogP contribution in [0.25, 0.3) is 0 Å². The monoisotopic (exact) mass is 270 g/mol. The molecule has 0 spiro atoms. The van der Waals surface area contributed by atoms with Crippen LogP contribution in [0.15, 0.2) is 22.9 Å². The topological polar surface area (TPSA) is 45.1 Å². The molecule has 1 aliphatic carbocycles. The summed E-state index contributed by atoms with van der Waals surface area (Å²) >= 11 is 3.46. The van der Waals surface area contributed by atoms with Gasteiger partial charge < -0.3 is 10.4 Å². The van der Waals surface area contributed by atoms with E-state index in [1.165, 1.54) is 6.42 Å². The minimum atomic E-state index is 0.278. The van der Waals surface area contributed by atoms with Crippen molar-refractivity contribution in [3.8, 4) is 0 Å². The van der Waals surface area contributed by atoms with Gasteiger partial charge in [-0.25, -0.2) is 0 Å². The van der Waals surface area contributed by atoms with Gasteiger partial charge in [0.2, 0.25) is 0 Å². The number of aliphatic hydroxyl groups excluding tert-OH is 1. The van der Waals surface area contributed by atoms with Crippen LogP contribution in [0.4, 0.5) is 5.69 Å². The van der Waals surface area contributed by atoms with Crippen molar-refractivity contribution < 1.29 is 5.11 Å². The lowest BCUT2D eigenvalue weighted by molar-refractivity contribution is 0.222. The Balaban J connectivity index is 2.05. The molecule has 2 atom stereocenters. The smallest absolute Gasteiger partial charge is 0.0590 e. The zero-order valence-corrected chi connectivity index (χ0v) is 10.1. The molecule has 0 radical (unpaired) electrons. The zero-order valence-electron chi connectivity index (χ0n) is 8.49. The fraction of sp³-hybridized carbons (Fsp3) is 0.545. The van der Waals surface area contributed by atoms with Gasteiger partial charge in [0.05, 0.1) is 10.2 Å². The summed E-state index contributed by atoms with van der Waals surface area (Å²) in [5.74, 6) is 0.394. The number of anilines is 1. The van der Waals surface area contributed by atoms with Crippen molar-refractivity contribution in [1.29, 1.82) is 0 Å². The first-order valence-corrected chi connectivity index (χ1v) is 6.07. The number of hydrogen-bond acceptors (Lipinski definition) is 3. The number of aliphatic hydroxyl groups is 1. The van der Waals surface area contributed by atoms with Crippen LogP contribution in [0.2, 0.25) is 0 Å². The molecule has 15 heavy (non-hydrogen) atoms. The van der Waals surface area contributed by atoms with E-state index in [9.17, 15) is 5.11 Å². The normalized spacial score (nSPS) is 25.5. The summed E-state index contributed by atoms with van der Waals surface area (Å²) < 4.78 is 0.980. The summed E-state index contributed by atoms with van der Waals surface area (Å²) in [7, 11) is 0. The van der Waals surface area contributed by atoms with Crippen molar-refractivity contribution in [2.75, 3.05) is 11.9 Å². The third-order valence-corrected chi connectivity index (χ3v) is 3.64. The molecule has 4 heteroatoms. The second kappa shape index (κ2) is 4.94. The molecule has 1 fully saturated rings. The predicted molar refractivity (Wildman–Crippen MR) is 63.8 cm³/mol. The number of nitrogens with one attached hydrogen (secondary N) is 1. The highest BCUT2D eigenvalue weighted by Gasteiger charge is 2.26. The van der Waals surface area contributed by atoms with Gasteiger partial charge >= 0.3 is 0 Å². The number of pyridine rings is 1. The maximum atomic E-state index is 9.22. The maximum Gasteiger partial charge on any atom is 0.0590 e. The standard InChI is InChI=1S/C11H15BrN2O/c12-9-6-13-5-4-11(9)14-10-3-1-2-8(10)7-15/h4-6,8,10,15H,1-3,7H2,(H,13,14). The number of hydrogen-bond donors (Lipinski definition) is 2. The summed E-state index contributed by atoms with van der Waals surface area (Å²) in [4.78, 5) is 4.02. The van der Waals surface area contributed by atoms with Gasteiger partial charge in [0.1, 0.15) is 0 Å². The molecule has 2 unspecified atom stereocenters. The highest BCUT2D eigenvalue weighted by atomic mass is 79.9. The maximum absolute atomic E-state index is 9.22. The SMILES string of the molecule is OCC1CCCC1Nc1ccncc1Br. The second-order valence-corrected chi connectivity index (χ2v) is 4.83. The van der Waals surface area contributed by atoms with Crippen molar-refractivity contribution in [3.63, 3.8) is 0 Å². The molecule has 2 rings (SSSR count). The number of rotatable bonds is 3. The molecule has 1 heterocycles. The van der Waals surface area contributed by atoms with Crippen LogP contribution < -0.4 is 5.32 Å². The third kappa shape index (κ3) is 2.49. The van der Waals surface area contributed by atoms with Crippen molar-refractivity contribution in [2.24, 2.45) is 5.92 Å². The van der Waals surface area contributed by atoms with Crippen molar-refractivity contribution in [3.05, 3.63) is 22.9 Å². The average molecular weight is 271 g/mol. The van der Waals surface area contributed by atoms with Gasteiger partial charge in [-0.05, 0) is 34.8 Å². The van der Waals surface area contributed by atoms with Crippen LogP contribution >= 0.6 is 15.9 Å². The summed E-state index contributed by atoms with van der Waals surface area (Å²) in [6.45, 7) is 0.278. The Hall–Kier alpha value is -0.610. The molecule has 1 aromatic heterocycles. The molecule has 0 saturated heterocycles. The van der Waals surface area contributed by atoms with Gasteiger partial charge in [-0.3, -0.25) is 4.98 Å². The van der Waals surface area contributed by atoms with Gasteiger partial charge in [-0.15, -0.1) is 0 Å². The van der Waals surface area contributed by atoms with E-state index < -0.39 is 0 Å². The van der Waals surface area contributed by atoms with E-state index in [2.05, 4.69) is 26.2 Å². The fourth-order valence-corrected chi connectivity index (χ4v) is 2.50. The first kappa shape index (κ1) is 10.9. The van der Waals surface area contributed by atoms with E-state index in [0.717, 1.165) is 23.0 Å². The van der Waals surface area contributed by atoms with E-state index in [0.29, 0.717) is 12.0 Å². The molecule has 0 aromatic carbocycles. The molecule has 0 aliphatic heterocycles. The van der Waals surface area contributed by atoms with Gasteiger partial charge in [0.15, 0.2) is 0 Å². The molecule has 1 aromatic rings. The quantitative estimate of drug-likeness (QED) is 0.887. The first-order valence-electron chi connectivity index (χ1n) is 5.28. The minimum Gasteiger partial charge on any atom is -0.396 e. The van der Waals surface area contributed by atoms with E-state index in [1.54, 1.807) is 12.4 Å². The number of halogens is 1. The molecular formula is C11H15BrN2O. The number of aromatic nitrogens is 1. The summed E-state index contributed by atoms with van der Waals surface area (Å²) in [5, 5.41) is 12.7. The van der Waals surface area contributed by atoms with Crippen LogP contribution in [-0.4, -0.2) is 22.7 Å². The lowest BCUT2D eigenvalue weighted by atomic mass is 10.1. The molecule has 2 N–H and O–H groups in total. The molecule has 82 valence electrons. The third-order valence-electron chi connectivity index (χ3n) is 3.01. The fourth-order valence-electron chi connectivity index (χ4n) is 2.14. The molecule has 0 bridgehead atoms. The Bertz CT molecular complexity index is 332. The molecule has 1 saturated carbocycles. The highest BCUT2D eigenvalue weighted by molar-refractivity contribution is 9.10. The van der Waals surface area contributed by atoms with Gasteiger partial charge in [-0.2, -0.15) is 0 Å². The Morgan fingerprint density at radius 1 is 1.53 bits per heavy atom. The van der Waals surface area contributed by atoms with E-state index in [1.807, 2.05) is 6.07 Å².